The van der Waals surface area contributed by atoms with Crippen LogP contribution in [0.25, 0.3) is 11.3 Å². The predicted molar refractivity (Wildman–Crippen MR) is 83.3 cm³/mol. The Morgan fingerprint density at radius 1 is 1.32 bits per heavy atom. The lowest BCUT2D eigenvalue weighted by atomic mass is 10.1. The van der Waals surface area contributed by atoms with E-state index in [9.17, 15) is 9.59 Å². The van der Waals surface area contributed by atoms with Crippen LogP contribution in [0.1, 0.15) is 23.3 Å². The molecule has 114 valence electrons. The van der Waals surface area contributed by atoms with E-state index in [0.29, 0.717) is 5.69 Å². The largest absolute Gasteiger partial charge is 0.480 e. The maximum Gasteiger partial charge on any atom is 0.326 e. The van der Waals surface area contributed by atoms with Gasteiger partial charge in [-0.1, -0.05) is 28.1 Å². The minimum absolute atomic E-state index is 0.0373. The standard InChI is InChI=1S/C15H14BrN3O3/c16-10-5-3-8(4-6-10)11-7-12(19-18-11)14(20)17-13(15(21)22)9-1-2-9/h3-7,9,13H,1-2H2,(H,17,20)(H,18,19)(H,21,22). The highest BCUT2D eigenvalue weighted by atomic mass is 79.9. The summed E-state index contributed by atoms with van der Waals surface area (Å²) in [5, 5.41) is 18.5. The van der Waals surface area contributed by atoms with Crippen molar-refractivity contribution in [3.63, 3.8) is 0 Å². The summed E-state index contributed by atoms with van der Waals surface area (Å²) >= 11 is 3.36. The Hall–Kier alpha value is -2.15. The Morgan fingerprint density at radius 3 is 2.59 bits per heavy atom. The van der Waals surface area contributed by atoms with E-state index in [2.05, 4.69) is 31.4 Å². The zero-order valence-corrected chi connectivity index (χ0v) is 13.1. The Kier molecular flexibility index (Phi) is 3.98. The van der Waals surface area contributed by atoms with Gasteiger partial charge in [0, 0.05) is 10.0 Å². The molecule has 1 aromatic heterocycles. The monoisotopic (exact) mass is 363 g/mol. The average molecular weight is 364 g/mol. The third-order valence-corrected chi connectivity index (χ3v) is 4.14. The second-order valence-electron chi connectivity index (χ2n) is 5.30. The fourth-order valence-electron chi connectivity index (χ4n) is 2.24. The van der Waals surface area contributed by atoms with Crippen LogP contribution < -0.4 is 5.32 Å². The van der Waals surface area contributed by atoms with E-state index in [-0.39, 0.29) is 11.6 Å². The molecule has 2 aromatic rings. The summed E-state index contributed by atoms with van der Waals surface area (Å²) in [6.45, 7) is 0. The van der Waals surface area contributed by atoms with Crippen molar-refractivity contribution in [2.75, 3.05) is 0 Å². The van der Waals surface area contributed by atoms with Crippen molar-refractivity contribution in [2.45, 2.75) is 18.9 Å². The Morgan fingerprint density at radius 2 is 2.00 bits per heavy atom. The zero-order valence-electron chi connectivity index (χ0n) is 11.5. The lowest BCUT2D eigenvalue weighted by Gasteiger charge is -2.12. The Labute approximate surface area is 135 Å². The molecule has 1 atom stereocenters. The van der Waals surface area contributed by atoms with Crippen molar-refractivity contribution in [2.24, 2.45) is 5.92 Å². The van der Waals surface area contributed by atoms with E-state index in [0.717, 1.165) is 22.9 Å². The van der Waals surface area contributed by atoms with Crippen LogP contribution >= 0.6 is 15.9 Å². The van der Waals surface area contributed by atoms with Crippen LogP contribution in [-0.4, -0.2) is 33.2 Å². The molecule has 0 saturated heterocycles. The van der Waals surface area contributed by atoms with E-state index < -0.39 is 17.9 Å². The number of carboxylic acids is 1. The number of aromatic nitrogens is 2. The summed E-state index contributed by atoms with van der Waals surface area (Å²) in [7, 11) is 0. The number of hydrogen-bond donors (Lipinski definition) is 3. The SMILES string of the molecule is O=C(NC(C(=O)O)C1CC1)c1cc(-c2ccc(Br)cc2)n[nH]1. The van der Waals surface area contributed by atoms with E-state index in [1.807, 2.05) is 24.3 Å². The fourth-order valence-corrected chi connectivity index (χ4v) is 2.50. The van der Waals surface area contributed by atoms with Gasteiger partial charge in [-0.2, -0.15) is 5.10 Å². The van der Waals surface area contributed by atoms with Crippen LogP contribution in [0.3, 0.4) is 0 Å². The summed E-state index contributed by atoms with van der Waals surface area (Å²) in [5.41, 5.74) is 1.76. The highest BCUT2D eigenvalue weighted by Gasteiger charge is 2.37. The second kappa shape index (κ2) is 5.92. The quantitative estimate of drug-likeness (QED) is 0.760. The number of benzene rings is 1. The molecular weight excluding hydrogens is 350 g/mol. The molecule has 1 fully saturated rings. The van der Waals surface area contributed by atoms with Crippen LogP contribution in [0.4, 0.5) is 0 Å². The first-order valence-electron chi connectivity index (χ1n) is 6.89. The molecule has 3 rings (SSSR count). The molecule has 7 heteroatoms. The maximum absolute atomic E-state index is 12.1. The molecule has 1 aliphatic carbocycles. The van der Waals surface area contributed by atoms with Gasteiger partial charge in [-0.15, -0.1) is 0 Å². The van der Waals surface area contributed by atoms with Crippen LogP contribution in [0.2, 0.25) is 0 Å². The van der Waals surface area contributed by atoms with Gasteiger partial charge in [0.15, 0.2) is 0 Å². The normalized spacial score (nSPS) is 15.3. The van der Waals surface area contributed by atoms with Gasteiger partial charge >= 0.3 is 5.97 Å². The minimum atomic E-state index is -0.997. The molecule has 1 saturated carbocycles. The van der Waals surface area contributed by atoms with Crippen molar-refractivity contribution >= 4 is 27.8 Å². The van der Waals surface area contributed by atoms with E-state index in [1.165, 1.54) is 0 Å². The predicted octanol–water partition coefficient (Wildman–Crippen LogP) is 2.43. The molecule has 6 nitrogen and oxygen atoms in total. The third kappa shape index (κ3) is 3.19. The molecule has 1 aliphatic rings. The number of carboxylic acid groups (broad SMARTS) is 1. The van der Waals surface area contributed by atoms with Gasteiger partial charge in [0.05, 0.1) is 5.69 Å². The van der Waals surface area contributed by atoms with Crippen LogP contribution in [0, 0.1) is 5.92 Å². The van der Waals surface area contributed by atoms with Gasteiger partial charge in [-0.25, -0.2) is 4.79 Å². The number of hydrogen-bond acceptors (Lipinski definition) is 3. The molecule has 1 amide bonds. The highest BCUT2D eigenvalue weighted by molar-refractivity contribution is 9.10. The van der Waals surface area contributed by atoms with Crippen LogP contribution in [-0.2, 0) is 4.79 Å². The first-order valence-corrected chi connectivity index (χ1v) is 7.69. The number of halogens is 1. The number of aliphatic carboxylic acids is 1. The third-order valence-electron chi connectivity index (χ3n) is 3.61. The molecule has 1 unspecified atom stereocenters. The maximum atomic E-state index is 12.1. The summed E-state index contributed by atoms with van der Waals surface area (Å²) in [4.78, 5) is 23.3. The van der Waals surface area contributed by atoms with Crippen molar-refractivity contribution in [3.05, 3.63) is 40.5 Å². The van der Waals surface area contributed by atoms with Gasteiger partial charge in [-0.3, -0.25) is 9.89 Å². The lowest BCUT2D eigenvalue weighted by molar-refractivity contribution is -0.139. The van der Waals surface area contributed by atoms with Crippen LogP contribution in [0.15, 0.2) is 34.8 Å². The van der Waals surface area contributed by atoms with Gasteiger partial charge in [0.1, 0.15) is 11.7 Å². The molecule has 0 spiro atoms. The minimum Gasteiger partial charge on any atom is -0.480 e. The Bertz CT molecular complexity index is 707. The first kappa shape index (κ1) is 14.8. The molecule has 22 heavy (non-hydrogen) atoms. The molecule has 1 aromatic carbocycles. The number of rotatable bonds is 5. The van der Waals surface area contributed by atoms with E-state index in [4.69, 9.17) is 5.11 Å². The van der Waals surface area contributed by atoms with E-state index in [1.54, 1.807) is 6.07 Å². The van der Waals surface area contributed by atoms with Gasteiger partial charge < -0.3 is 10.4 Å². The van der Waals surface area contributed by atoms with Gasteiger partial charge in [-0.05, 0) is 37.0 Å². The molecule has 0 radical (unpaired) electrons. The topological polar surface area (TPSA) is 95.1 Å². The summed E-state index contributed by atoms with van der Waals surface area (Å²) < 4.78 is 0.957. The summed E-state index contributed by atoms with van der Waals surface area (Å²) in [6.07, 6.45) is 1.68. The molecule has 0 bridgehead atoms. The van der Waals surface area contributed by atoms with E-state index >= 15 is 0 Å². The zero-order chi connectivity index (χ0) is 15.7. The van der Waals surface area contributed by atoms with Gasteiger partial charge in [0.2, 0.25) is 0 Å². The first-order chi connectivity index (χ1) is 10.5. The van der Waals surface area contributed by atoms with Gasteiger partial charge in [0.25, 0.3) is 5.91 Å². The Balaban J connectivity index is 1.74. The number of carbonyl (C=O) groups is 2. The summed E-state index contributed by atoms with van der Waals surface area (Å²) in [6, 6.07) is 8.32. The number of aromatic amines is 1. The molecule has 3 N–H and O–H groups in total. The van der Waals surface area contributed by atoms with Crippen molar-refractivity contribution in [1.29, 1.82) is 0 Å². The smallest absolute Gasteiger partial charge is 0.326 e. The number of H-pyrrole nitrogens is 1. The summed E-state index contributed by atoms with van der Waals surface area (Å²) in [5.74, 6) is -1.41. The highest BCUT2D eigenvalue weighted by Crippen LogP contribution is 2.32. The number of nitrogens with one attached hydrogen (secondary N) is 2. The second-order valence-corrected chi connectivity index (χ2v) is 6.22. The number of nitrogens with zero attached hydrogens (tertiary/aromatic N) is 1. The molecule has 0 aliphatic heterocycles. The van der Waals surface area contributed by atoms with Crippen molar-refractivity contribution in [3.8, 4) is 11.3 Å². The van der Waals surface area contributed by atoms with Crippen molar-refractivity contribution in [1.82, 2.24) is 15.5 Å². The lowest BCUT2D eigenvalue weighted by Crippen LogP contribution is -2.42. The number of amides is 1. The molecule has 1 heterocycles. The van der Waals surface area contributed by atoms with Crippen molar-refractivity contribution < 1.29 is 14.7 Å². The fraction of sp³-hybridized carbons (Fsp3) is 0.267. The van der Waals surface area contributed by atoms with Crippen LogP contribution in [0.5, 0.6) is 0 Å². The molecular formula is C15H14BrN3O3. The average Bonchev–Trinajstić information content (AvgIpc) is 3.21. The number of carbonyl (C=O) groups excluding carboxylic acids is 1.